The summed E-state index contributed by atoms with van der Waals surface area (Å²) in [4.78, 5) is 47.6. The molecule has 0 atom stereocenters. The van der Waals surface area contributed by atoms with E-state index in [2.05, 4.69) is 15.3 Å². The van der Waals surface area contributed by atoms with Crippen molar-refractivity contribution < 1.29 is 28.6 Å². The van der Waals surface area contributed by atoms with Crippen LogP contribution in [0.3, 0.4) is 0 Å². The number of fused-ring (bicyclic) bond motifs is 1. The van der Waals surface area contributed by atoms with Gasteiger partial charge in [-0.25, -0.2) is 24.3 Å². The van der Waals surface area contributed by atoms with E-state index in [-0.39, 0.29) is 24.5 Å². The number of benzene rings is 1. The summed E-state index contributed by atoms with van der Waals surface area (Å²) in [6, 6.07) is 7.52. The molecule has 3 aromatic rings. The monoisotopic (exact) mass is 568 g/mol. The number of hydrogen-bond donors (Lipinski definition) is 2. The summed E-state index contributed by atoms with van der Waals surface area (Å²) >= 11 is 0. The van der Waals surface area contributed by atoms with Crippen molar-refractivity contribution in [3.63, 3.8) is 0 Å². The minimum absolute atomic E-state index is 0.0198. The van der Waals surface area contributed by atoms with Crippen LogP contribution in [-0.2, 0) is 19.6 Å². The Hall–Kier alpha value is -4.35. The van der Waals surface area contributed by atoms with E-state index in [1.165, 1.54) is 0 Å². The quantitative estimate of drug-likeness (QED) is 0.278. The number of ether oxygens (including phenoxy) is 3. The third-order valence-corrected chi connectivity index (χ3v) is 5.51. The highest BCUT2D eigenvalue weighted by atomic mass is 16.6. The standard InChI is InChI=1S/C29H40N6O6/c1-27(2,3)20-17-31-23(32-22(20)34-13-12-18-16-19(30)10-11-21(18)34)33-24(36)39-15-14-35(25(37)40-28(4,5)6)26(38)41-29(7,8)9/h10-13,16-17H,14-15,30H2,1-9H3,(H,31,32,33,36). The summed E-state index contributed by atoms with van der Waals surface area (Å²) in [5.74, 6) is 0.607. The van der Waals surface area contributed by atoms with Gasteiger partial charge in [-0.1, -0.05) is 20.8 Å². The minimum atomic E-state index is -0.915. The number of imide groups is 1. The molecular weight excluding hydrogens is 528 g/mol. The van der Waals surface area contributed by atoms with Crippen LogP contribution < -0.4 is 11.1 Å². The fraction of sp³-hybridized carbons (Fsp3) is 0.483. The molecule has 0 aliphatic carbocycles. The van der Waals surface area contributed by atoms with E-state index in [9.17, 15) is 14.4 Å². The summed E-state index contributed by atoms with van der Waals surface area (Å²) in [6.45, 7) is 15.6. The number of anilines is 2. The molecule has 12 heteroatoms. The Balaban J connectivity index is 1.77. The molecule has 12 nitrogen and oxygen atoms in total. The van der Waals surface area contributed by atoms with Gasteiger partial charge in [-0.2, -0.15) is 4.98 Å². The maximum atomic E-state index is 12.6. The van der Waals surface area contributed by atoms with E-state index in [1.807, 2.05) is 55.8 Å². The smallest absolute Gasteiger partial charge is 0.419 e. The van der Waals surface area contributed by atoms with E-state index in [0.29, 0.717) is 11.5 Å². The van der Waals surface area contributed by atoms with Crippen molar-refractivity contribution in [1.82, 2.24) is 19.4 Å². The Morgan fingerprint density at radius 2 is 1.56 bits per heavy atom. The lowest BCUT2D eigenvalue weighted by atomic mass is 9.88. The number of nitrogens with two attached hydrogens (primary N) is 1. The van der Waals surface area contributed by atoms with Gasteiger partial charge >= 0.3 is 18.3 Å². The normalized spacial score (nSPS) is 12.1. The van der Waals surface area contributed by atoms with Gasteiger partial charge in [0.1, 0.15) is 23.6 Å². The van der Waals surface area contributed by atoms with E-state index in [1.54, 1.807) is 47.7 Å². The number of aromatic nitrogens is 3. The molecular formula is C29H40N6O6. The first kappa shape index (κ1) is 31.2. The van der Waals surface area contributed by atoms with Gasteiger partial charge in [-0.15, -0.1) is 0 Å². The average Bonchev–Trinajstić information content (AvgIpc) is 3.21. The van der Waals surface area contributed by atoms with Crippen LogP contribution in [0.2, 0.25) is 0 Å². The van der Waals surface area contributed by atoms with Gasteiger partial charge in [0, 0.05) is 29.0 Å². The summed E-state index contributed by atoms with van der Waals surface area (Å²) in [6.07, 6.45) is 0.849. The highest BCUT2D eigenvalue weighted by Gasteiger charge is 2.31. The van der Waals surface area contributed by atoms with Crippen LogP contribution in [0.25, 0.3) is 16.7 Å². The predicted molar refractivity (Wildman–Crippen MR) is 156 cm³/mol. The van der Waals surface area contributed by atoms with Gasteiger partial charge in [-0.3, -0.25) is 5.32 Å². The minimum Gasteiger partial charge on any atom is -0.447 e. The van der Waals surface area contributed by atoms with Crippen LogP contribution in [0, 0.1) is 0 Å². The summed E-state index contributed by atoms with van der Waals surface area (Å²) < 4.78 is 17.8. The molecule has 222 valence electrons. The lowest BCUT2D eigenvalue weighted by Gasteiger charge is -2.28. The highest BCUT2D eigenvalue weighted by Crippen LogP contribution is 2.30. The van der Waals surface area contributed by atoms with Crippen LogP contribution >= 0.6 is 0 Å². The van der Waals surface area contributed by atoms with Crippen molar-refractivity contribution in [2.24, 2.45) is 0 Å². The molecule has 0 saturated carbocycles. The Labute approximate surface area is 240 Å². The first-order valence-electron chi connectivity index (χ1n) is 13.3. The zero-order valence-electron chi connectivity index (χ0n) is 25.2. The third-order valence-electron chi connectivity index (χ3n) is 5.51. The Bertz CT molecular complexity index is 1400. The number of nitrogens with one attached hydrogen (secondary N) is 1. The average molecular weight is 569 g/mol. The van der Waals surface area contributed by atoms with Gasteiger partial charge < -0.3 is 24.5 Å². The molecule has 0 aliphatic rings. The van der Waals surface area contributed by atoms with Crippen molar-refractivity contribution in [3.05, 3.63) is 42.2 Å². The zero-order valence-corrected chi connectivity index (χ0v) is 25.2. The van der Waals surface area contributed by atoms with Gasteiger partial charge in [0.15, 0.2) is 0 Å². The van der Waals surface area contributed by atoms with Crippen molar-refractivity contribution in [2.45, 2.75) is 78.9 Å². The number of nitrogen functional groups attached to an aromatic ring is 1. The topological polar surface area (TPSA) is 151 Å². The fourth-order valence-corrected chi connectivity index (χ4v) is 3.74. The van der Waals surface area contributed by atoms with Crippen LogP contribution in [-0.4, -0.2) is 62.1 Å². The van der Waals surface area contributed by atoms with Crippen LogP contribution in [0.5, 0.6) is 0 Å². The first-order chi connectivity index (χ1) is 18.8. The molecule has 0 fully saturated rings. The van der Waals surface area contributed by atoms with Crippen molar-refractivity contribution in [2.75, 3.05) is 24.2 Å². The van der Waals surface area contributed by atoms with Gasteiger partial charge in [0.2, 0.25) is 5.95 Å². The number of amides is 3. The number of carbonyl (C=O) groups is 3. The Kier molecular flexibility index (Phi) is 8.85. The number of hydrogen-bond acceptors (Lipinski definition) is 9. The van der Waals surface area contributed by atoms with Crippen LogP contribution in [0.1, 0.15) is 67.9 Å². The number of carbonyl (C=O) groups excluding carboxylic acids is 3. The second kappa shape index (κ2) is 11.6. The maximum absolute atomic E-state index is 12.6. The third kappa shape index (κ3) is 8.57. The van der Waals surface area contributed by atoms with E-state index >= 15 is 0 Å². The molecule has 0 saturated heterocycles. The molecule has 3 rings (SSSR count). The lowest BCUT2D eigenvalue weighted by molar-refractivity contribution is -0.00189. The lowest BCUT2D eigenvalue weighted by Crippen LogP contribution is -2.45. The molecule has 1 aromatic carbocycles. The molecule has 41 heavy (non-hydrogen) atoms. The second-order valence-corrected chi connectivity index (χ2v) is 12.6. The van der Waals surface area contributed by atoms with Crippen molar-refractivity contribution in [1.29, 1.82) is 0 Å². The molecule has 0 unspecified atom stereocenters. The molecule has 2 heterocycles. The van der Waals surface area contributed by atoms with Crippen LogP contribution in [0.4, 0.5) is 26.0 Å². The largest absolute Gasteiger partial charge is 0.447 e. The SMILES string of the molecule is CC(C)(C)OC(=O)N(CCOC(=O)Nc1ncc(C(C)(C)C)c(-n2ccc3cc(N)ccc32)n1)C(=O)OC(C)(C)C. The first-order valence-corrected chi connectivity index (χ1v) is 13.3. The summed E-state index contributed by atoms with van der Waals surface area (Å²) in [5.41, 5.74) is 6.35. The van der Waals surface area contributed by atoms with Crippen LogP contribution in [0.15, 0.2) is 36.7 Å². The Morgan fingerprint density at radius 1 is 0.951 bits per heavy atom. The zero-order chi connectivity index (χ0) is 30.8. The predicted octanol–water partition coefficient (Wildman–Crippen LogP) is 6.02. The van der Waals surface area contributed by atoms with Gasteiger partial charge in [-0.05, 0) is 71.2 Å². The molecule has 2 aromatic heterocycles. The highest BCUT2D eigenvalue weighted by molar-refractivity contribution is 5.88. The fourth-order valence-electron chi connectivity index (χ4n) is 3.74. The van der Waals surface area contributed by atoms with E-state index < -0.39 is 29.5 Å². The maximum Gasteiger partial charge on any atom is 0.419 e. The number of nitrogens with zero attached hydrogens (tertiary/aromatic N) is 4. The van der Waals surface area contributed by atoms with Gasteiger partial charge in [0.25, 0.3) is 0 Å². The molecule has 3 N–H and O–H groups in total. The second-order valence-electron chi connectivity index (χ2n) is 12.6. The molecule has 0 radical (unpaired) electrons. The Morgan fingerprint density at radius 3 is 2.12 bits per heavy atom. The summed E-state index contributed by atoms with van der Waals surface area (Å²) in [5, 5.41) is 3.46. The van der Waals surface area contributed by atoms with Gasteiger partial charge in [0.05, 0.1) is 12.1 Å². The summed E-state index contributed by atoms with van der Waals surface area (Å²) in [7, 11) is 0. The molecule has 3 amide bonds. The molecule has 0 spiro atoms. The van der Waals surface area contributed by atoms with E-state index in [4.69, 9.17) is 19.9 Å². The number of rotatable bonds is 5. The van der Waals surface area contributed by atoms with E-state index in [0.717, 1.165) is 21.4 Å². The van der Waals surface area contributed by atoms with Crippen molar-refractivity contribution >= 4 is 40.8 Å². The molecule has 0 aliphatic heterocycles. The van der Waals surface area contributed by atoms with Crippen molar-refractivity contribution in [3.8, 4) is 5.82 Å². The molecule has 0 bridgehead atoms.